The lowest BCUT2D eigenvalue weighted by Crippen LogP contribution is -2.39. The molecule has 0 N–H and O–H groups in total. The number of anilines is 1. The molecule has 0 bridgehead atoms. The summed E-state index contributed by atoms with van der Waals surface area (Å²) in [6.07, 6.45) is 4.70. The standard InChI is InChI=1S/C29H38N4O4S2/c1-22-8-13-26-27(23(22)2)30-29(38-26)33(17-7-14-31-18-20-37-21-19-31)28(34)24-9-11-25(12-10-24)39(35,36)32-15-5-3-4-6-16-32/h8-13H,3-7,14-21H2,1-2H3. The van der Waals surface area contributed by atoms with Gasteiger partial charge in [-0.2, -0.15) is 4.31 Å². The van der Waals surface area contributed by atoms with Crippen molar-refractivity contribution in [3.63, 3.8) is 0 Å². The zero-order chi connectivity index (χ0) is 27.4. The molecule has 210 valence electrons. The number of morpholine rings is 1. The molecule has 8 nitrogen and oxygen atoms in total. The molecule has 0 atom stereocenters. The monoisotopic (exact) mass is 570 g/mol. The summed E-state index contributed by atoms with van der Waals surface area (Å²) in [6.45, 7) is 9.94. The highest BCUT2D eigenvalue weighted by Crippen LogP contribution is 2.33. The van der Waals surface area contributed by atoms with Crippen LogP contribution < -0.4 is 4.90 Å². The zero-order valence-electron chi connectivity index (χ0n) is 22.9. The normalized spacial score (nSPS) is 17.8. The van der Waals surface area contributed by atoms with E-state index in [0.29, 0.717) is 30.3 Å². The number of benzene rings is 2. The number of aryl methyl sites for hydroxylation is 2. The van der Waals surface area contributed by atoms with Crippen molar-refractivity contribution in [3.8, 4) is 0 Å². The van der Waals surface area contributed by atoms with Crippen LogP contribution in [0.15, 0.2) is 41.3 Å². The van der Waals surface area contributed by atoms with Gasteiger partial charge in [0.2, 0.25) is 10.0 Å². The number of carbonyl (C=O) groups is 1. The lowest BCUT2D eigenvalue weighted by Gasteiger charge is -2.27. The van der Waals surface area contributed by atoms with Gasteiger partial charge in [0.1, 0.15) is 0 Å². The van der Waals surface area contributed by atoms with E-state index in [9.17, 15) is 13.2 Å². The van der Waals surface area contributed by atoms with Gasteiger partial charge in [-0.25, -0.2) is 13.4 Å². The average molecular weight is 571 g/mol. The van der Waals surface area contributed by atoms with Gasteiger partial charge in [0.15, 0.2) is 5.13 Å². The van der Waals surface area contributed by atoms with E-state index in [4.69, 9.17) is 9.72 Å². The Kier molecular flexibility index (Phi) is 8.98. The molecule has 0 spiro atoms. The van der Waals surface area contributed by atoms with Gasteiger partial charge in [0, 0.05) is 44.8 Å². The third kappa shape index (κ3) is 6.36. The summed E-state index contributed by atoms with van der Waals surface area (Å²) in [6, 6.07) is 10.6. The maximum Gasteiger partial charge on any atom is 0.260 e. The summed E-state index contributed by atoms with van der Waals surface area (Å²) in [5, 5.41) is 0.673. The molecule has 0 aliphatic carbocycles. The summed E-state index contributed by atoms with van der Waals surface area (Å²) in [5.74, 6) is -0.163. The Hall–Kier alpha value is -2.37. The van der Waals surface area contributed by atoms with Gasteiger partial charge in [-0.1, -0.05) is 30.2 Å². The highest BCUT2D eigenvalue weighted by Gasteiger charge is 2.27. The van der Waals surface area contributed by atoms with Gasteiger partial charge in [-0.15, -0.1) is 0 Å². The first-order chi connectivity index (χ1) is 18.8. The number of thiazole rings is 1. The van der Waals surface area contributed by atoms with E-state index in [-0.39, 0.29) is 10.8 Å². The minimum Gasteiger partial charge on any atom is -0.379 e. The fourth-order valence-corrected chi connectivity index (χ4v) is 7.81. The van der Waals surface area contributed by atoms with Crippen LogP contribution in [0.25, 0.3) is 10.2 Å². The van der Waals surface area contributed by atoms with Gasteiger partial charge in [-0.05, 0) is 74.6 Å². The molecule has 0 unspecified atom stereocenters. The molecule has 5 rings (SSSR count). The summed E-state index contributed by atoms with van der Waals surface area (Å²) < 4.78 is 34.6. The van der Waals surface area contributed by atoms with Crippen LogP contribution in [0.4, 0.5) is 5.13 Å². The van der Waals surface area contributed by atoms with Crippen LogP contribution in [-0.2, 0) is 14.8 Å². The van der Waals surface area contributed by atoms with Gasteiger partial charge in [-0.3, -0.25) is 14.6 Å². The number of nitrogens with zero attached hydrogens (tertiary/aromatic N) is 4. The van der Waals surface area contributed by atoms with Crippen molar-refractivity contribution in [1.82, 2.24) is 14.2 Å². The van der Waals surface area contributed by atoms with Crippen molar-refractivity contribution in [2.45, 2.75) is 50.8 Å². The van der Waals surface area contributed by atoms with Gasteiger partial charge in [0.25, 0.3) is 5.91 Å². The second-order valence-corrected chi connectivity index (χ2v) is 13.4. The molecule has 39 heavy (non-hydrogen) atoms. The second kappa shape index (κ2) is 12.4. The highest BCUT2D eigenvalue weighted by molar-refractivity contribution is 7.89. The maximum atomic E-state index is 13.9. The summed E-state index contributed by atoms with van der Waals surface area (Å²) in [7, 11) is -3.57. The van der Waals surface area contributed by atoms with Crippen LogP contribution in [0.2, 0.25) is 0 Å². The van der Waals surface area contributed by atoms with Crippen LogP contribution in [-0.4, -0.2) is 81.0 Å². The number of hydrogen-bond acceptors (Lipinski definition) is 7. The fourth-order valence-electron chi connectivity index (χ4n) is 5.25. The molecule has 0 saturated carbocycles. The third-order valence-corrected chi connectivity index (χ3v) is 10.8. The van der Waals surface area contributed by atoms with Crippen molar-refractivity contribution in [1.29, 1.82) is 0 Å². The Bertz CT molecular complexity index is 1390. The van der Waals surface area contributed by atoms with E-state index in [2.05, 4.69) is 30.9 Å². The number of rotatable bonds is 8. The number of ether oxygens (including phenoxy) is 1. The number of carbonyl (C=O) groups excluding carboxylic acids is 1. The quantitative estimate of drug-likeness (QED) is 0.385. The van der Waals surface area contributed by atoms with Crippen LogP contribution in [0.1, 0.15) is 53.6 Å². The molecular weight excluding hydrogens is 532 g/mol. The zero-order valence-corrected chi connectivity index (χ0v) is 24.5. The molecule has 2 saturated heterocycles. The van der Waals surface area contributed by atoms with E-state index >= 15 is 0 Å². The molecule has 1 amide bonds. The van der Waals surface area contributed by atoms with Crippen LogP contribution in [0, 0.1) is 13.8 Å². The van der Waals surface area contributed by atoms with Gasteiger partial charge in [0.05, 0.1) is 28.3 Å². The predicted octanol–water partition coefficient (Wildman–Crippen LogP) is 4.85. The van der Waals surface area contributed by atoms with Crippen LogP contribution in [0.3, 0.4) is 0 Å². The van der Waals surface area contributed by atoms with Crippen molar-refractivity contribution in [2.24, 2.45) is 0 Å². The first-order valence-corrected chi connectivity index (χ1v) is 16.2. The SMILES string of the molecule is Cc1ccc2sc(N(CCCN3CCOCC3)C(=O)c3ccc(S(=O)(=O)N4CCCCCC4)cc3)nc2c1C. The predicted molar refractivity (Wildman–Crippen MR) is 156 cm³/mol. The molecule has 2 aliphatic heterocycles. The third-order valence-electron chi connectivity index (χ3n) is 7.81. The first kappa shape index (κ1) is 28.2. The minimum absolute atomic E-state index is 0.163. The fraction of sp³-hybridized carbons (Fsp3) is 0.517. The number of sulfonamides is 1. The van der Waals surface area contributed by atoms with Crippen LogP contribution >= 0.6 is 11.3 Å². The lowest BCUT2D eigenvalue weighted by atomic mass is 10.1. The molecule has 3 heterocycles. The molecule has 10 heteroatoms. The molecule has 2 fully saturated rings. The van der Waals surface area contributed by atoms with Crippen molar-refractivity contribution in [2.75, 3.05) is 57.4 Å². The lowest BCUT2D eigenvalue weighted by molar-refractivity contribution is 0.0376. The largest absolute Gasteiger partial charge is 0.379 e. The Labute approximate surface area is 235 Å². The Morgan fingerprint density at radius 2 is 1.67 bits per heavy atom. The molecular formula is C29H38N4O4S2. The summed E-state index contributed by atoms with van der Waals surface area (Å²) in [5.41, 5.74) is 3.69. The highest BCUT2D eigenvalue weighted by atomic mass is 32.2. The van der Waals surface area contributed by atoms with Crippen LogP contribution in [0.5, 0.6) is 0 Å². The molecule has 2 aliphatic rings. The Morgan fingerprint density at radius 1 is 0.974 bits per heavy atom. The topological polar surface area (TPSA) is 83.0 Å². The van der Waals surface area contributed by atoms with E-state index in [1.807, 2.05) is 0 Å². The van der Waals surface area contributed by atoms with Crippen molar-refractivity contribution < 1.29 is 17.9 Å². The van der Waals surface area contributed by atoms with E-state index in [1.54, 1.807) is 33.5 Å². The van der Waals surface area contributed by atoms with Gasteiger partial charge < -0.3 is 4.74 Å². The summed E-state index contributed by atoms with van der Waals surface area (Å²) >= 11 is 1.52. The molecule has 3 aromatic rings. The Morgan fingerprint density at radius 3 is 2.36 bits per heavy atom. The smallest absolute Gasteiger partial charge is 0.260 e. The minimum atomic E-state index is -3.57. The molecule has 0 radical (unpaired) electrons. The molecule has 1 aromatic heterocycles. The van der Waals surface area contributed by atoms with Crippen molar-refractivity contribution in [3.05, 3.63) is 53.1 Å². The summed E-state index contributed by atoms with van der Waals surface area (Å²) in [4.78, 5) is 23.1. The van der Waals surface area contributed by atoms with Crippen molar-refractivity contribution >= 4 is 42.6 Å². The first-order valence-electron chi connectivity index (χ1n) is 13.9. The Balaban J connectivity index is 1.38. The van der Waals surface area contributed by atoms with E-state index < -0.39 is 10.0 Å². The number of fused-ring (bicyclic) bond motifs is 1. The number of aromatic nitrogens is 1. The molecule has 2 aromatic carbocycles. The van der Waals surface area contributed by atoms with E-state index in [1.165, 1.54) is 16.9 Å². The number of hydrogen-bond donors (Lipinski definition) is 0. The number of amides is 1. The van der Waals surface area contributed by atoms with E-state index in [0.717, 1.165) is 80.7 Å². The average Bonchev–Trinajstić information content (AvgIpc) is 3.18. The van der Waals surface area contributed by atoms with Gasteiger partial charge >= 0.3 is 0 Å². The maximum absolute atomic E-state index is 13.9. The second-order valence-electron chi connectivity index (χ2n) is 10.5.